The van der Waals surface area contributed by atoms with Crippen LogP contribution < -0.4 is 10.1 Å². The highest BCUT2D eigenvalue weighted by Gasteiger charge is 2.06. The van der Waals surface area contributed by atoms with Gasteiger partial charge >= 0.3 is 0 Å². The first-order valence-corrected chi connectivity index (χ1v) is 7.17. The van der Waals surface area contributed by atoms with Crippen LogP contribution in [0.25, 0.3) is 0 Å². The maximum absolute atomic E-state index is 13.3. The fourth-order valence-electron chi connectivity index (χ4n) is 1.69. The monoisotopic (exact) mass is 296 g/mol. The Bertz CT molecular complexity index is 520. The lowest BCUT2D eigenvalue weighted by Gasteiger charge is -2.11. The van der Waals surface area contributed by atoms with Crippen LogP contribution in [0.15, 0.2) is 29.8 Å². The highest BCUT2D eigenvalue weighted by atomic mass is 32.1. The summed E-state index contributed by atoms with van der Waals surface area (Å²) in [6.07, 6.45) is 1.74. The molecule has 0 bridgehead atoms. The normalized spacial score (nSPS) is 10.7. The molecule has 0 aliphatic heterocycles. The molecule has 0 fully saturated rings. The Balaban J connectivity index is 1.95. The van der Waals surface area contributed by atoms with Crippen molar-refractivity contribution in [1.82, 2.24) is 10.3 Å². The molecule has 20 heavy (non-hydrogen) atoms. The van der Waals surface area contributed by atoms with E-state index in [9.17, 15) is 4.39 Å². The van der Waals surface area contributed by atoms with E-state index in [4.69, 9.17) is 9.47 Å². The van der Waals surface area contributed by atoms with Gasteiger partial charge in [-0.25, -0.2) is 9.37 Å². The second-order valence-corrected chi connectivity index (χ2v) is 5.12. The minimum Gasteiger partial charge on any atom is -0.486 e. The Kier molecular flexibility index (Phi) is 5.91. The Morgan fingerprint density at radius 3 is 3.05 bits per heavy atom. The Morgan fingerprint density at radius 2 is 2.30 bits per heavy atom. The summed E-state index contributed by atoms with van der Waals surface area (Å²) in [4.78, 5) is 4.15. The molecule has 108 valence electrons. The lowest BCUT2D eigenvalue weighted by Crippen LogP contribution is -2.19. The number of halogens is 1. The summed E-state index contributed by atoms with van der Waals surface area (Å²) >= 11 is 1.53. The van der Waals surface area contributed by atoms with Gasteiger partial charge in [0, 0.05) is 37.3 Å². The SMILES string of the molecule is COCCNCc1cc(F)ccc1OCc1nccs1. The van der Waals surface area contributed by atoms with Crippen LogP contribution in [0.2, 0.25) is 0 Å². The van der Waals surface area contributed by atoms with Gasteiger partial charge < -0.3 is 14.8 Å². The quantitative estimate of drug-likeness (QED) is 0.760. The molecule has 2 aromatic rings. The minimum absolute atomic E-state index is 0.268. The van der Waals surface area contributed by atoms with E-state index in [1.54, 1.807) is 19.4 Å². The number of benzene rings is 1. The van der Waals surface area contributed by atoms with E-state index in [-0.39, 0.29) is 5.82 Å². The smallest absolute Gasteiger partial charge is 0.140 e. The molecule has 2 rings (SSSR count). The lowest BCUT2D eigenvalue weighted by atomic mass is 10.2. The molecular formula is C14H17FN2O2S. The molecule has 0 aliphatic rings. The number of thiazole rings is 1. The van der Waals surface area contributed by atoms with Gasteiger partial charge in [-0.15, -0.1) is 11.3 Å². The molecule has 0 atom stereocenters. The van der Waals surface area contributed by atoms with Gasteiger partial charge in [-0.2, -0.15) is 0 Å². The number of hydrogen-bond acceptors (Lipinski definition) is 5. The number of ether oxygens (including phenoxy) is 2. The molecule has 0 amide bonds. The summed E-state index contributed by atoms with van der Waals surface area (Å²) in [6.45, 7) is 2.26. The molecule has 1 heterocycles. The van der Waals surface area contributed by atoms with Crippen molar-refractivity contribution in [3.63, 3.8) is 0 Å². The second kappa shape index (κ2) is 7.94. The largest absolute Gasteiger partial charge is 0.486 e. The summed E-state index contributed by atoms with van der Waals surface area (Å²) < 4.78 is 24.0. The van der Waals surface area contributed by atoms with Crippen LogP contribution in [0.5, 0.6) is 5.75 Å². The van der Waals surface area contributed by atoms with E-state index in [1.165, 1.54) is 23.5 Å². The lowest BCUT2D eigenvalue weighted by molar-refractivity contribution is 0.199. The number of aromatic nitrogens is 1. The van der Waals surface area contributed by atoms with Crippen molar-refractivity contribution in [2.24, 2.45) is 0 Å². The van der Waals surface area contributed by atoms with Crippen molar-refractivity contribution in [1.29, 1.82) is 0 Å². The average molecular weight is 296 g/mol. The van der Waals surface area contributed by atoms with E-state index in [0.717, 1.165) is 10.6 Å². The van der Waals surface area contributed by atoms with Gasteiger partial charge in [-0.3, -0.25) is 0 Å². The van der Waals surface area contributed by atoms with E-state index in [1.807, 2.05) is 5.38 Å². The third kappa shape index (κ3) is 4.56. The van der Waals surface area contributed by atoms with E-state index < -0.39 is 0 Å². The number of nitrogens with zero attached hydrogens (tertiary/aromatic N) is 1. The van der Waals surface area contributed by atoms with Crippen LogP contribution in [-0.4, -0.2) is 25.2 Å². The first-order valence-electron chi connectivity index (χ1n) is 6.29. The van der Waals surface area contributed by atoms with Crippen molar-refractivity contribution in [3.8, 4) is 5.75 Å². The van der Waals surface area contributed by atoms with Gasteiger partial charge in [0.05, 0.1) is 6.61 Å². The summed E-state index contributed by atoms with van der Waals surface area (Å²) in [6, 6.07) is 4.53. The average Bonchev–Trinajstić information content (AvgIpc) is 2.96. The van der Waals surface area contributed by atoms with E-state index in [0.29, 0.717) is 32.1 Å². The first-order chi connectivity index (χ1) is 9.79. The van der Waals surface area contributed by atoms with Crippen molar-refractivity contribution < 1.29 is 13.9 Å². The zero-order chi connectivity index (χ0) is 14.2. The third-order valence-corrected chi connectivity index (χ3v) is 3.41. The van der Waals surface area contributed by atoms with Crippen molar-refractivity contribution in [2.75, 3.05) is 20.3 Å². The van der Waals surface area contributed by atoms with Gasteiger partial charge in [0.2, 0.25) is 0 Å². The number of methoxy groups -OCH3 is 1. The maximum Gasteiger partial charge on any atom is 0.140 e. The van der Waals surface area contributed by atoms with Crippen LogP contribution in [0.1, 0.15) is 10.6 Å². The molecule has 1 aromatic heterocycles. The van der Waals surface area contributed by atoms with E-state index in [2.05, 4.69) is 10.3 Å². The topological polar surface area (TPSA) is 43.4 Å². The standard InChI is InChI=1S/C14H17FN2O2S/c1-18-6-4-16-9-11-8-12(15)2-3-13(11)19-10-14-17-5-7-20-14/h2-3,5,7-8,16H,4,6,9-10H2,1H3. The predicted molar refractivity (Wildman–Crippen MR) is 76.4 cm³/mol. The summed E-state index contributed by atoms with van der Waals surface area (Å²) in [5, 5.41) is 5.97. The molecule has 4 nitrogen and oxygen atoms in total. The molecular weight excluding hydrogens is 279 g/mol. The number of rotatable bonds is 8. The van der Waals surface area contributed by atoms with Gasteiger partial charge in [-0.05, 0) is 18.2 Å². The minimum atomic E-state index is -0.268. The first kappa shape index (κ1) is 14.9. The fraction of sp³-hybridized carbons (Fsp3) is 0.357. The summed E-state index contributed by atoms with van der Waals surface area (Å²) in [5.41, 5.74) is 0.789. The van der Waals surface area contributed by atoms with Crippen LogP contribution >= 0.6 is 11.3 Å². The predicted octanol–water partition coefficient (Wildman–Crippen LogP) is 2.60. The fourth-order valence-corrected chi connectivity index (χ4v) is 2.22. The highest BCUT2D eigenvalue weighted by Crippen LogP contribution is 2.21. The third-order valence-electron chi connectivity index (χ3n) is 2.66. The van der Waals surface area contributed by atoms with Gasteiger partial charge in [0.1, 0.15) is 23.2 Å². The second-order valence-electron chi connectivity index (χ2n) is 4.14. The molecule has 0 radical (unpaired) electrons. The summed E-state index contributed by atoms with van der Waals surface area (Å²) in [5.74, 6) is 0.404. The van der Waals surface area contributed by atoms with Crippen molar-refractivity contribution >= 4 is 11.3 Å². The van der Waals surface area contributed by atoms with Crippen LogP contribution in [-0.2, 0) is 17.9 Å². The Hall–Kier alpha value is -1.50. The summed E-state index contributed by atoms with van der Waals surface area (Å²) in [7, 11) is 1.65. The van der Waals surface area contributed by atoms with Gasteiger partial charge in [0.15, 0.2) is 0 Å². The molecule has 0 spiro atoms. The molecule has 6 heteroatoms. The molecule has 0 saturated heterocycles. The Morgan fingerprint density at radius 1 is 1.40 bits per heavy atom. The molecule has 0 saturated carbocycles. The zero-order valence-electron chi connectivity index (χ0n) is 11.3. The number of hydrogen-bond donors (Lipinski definition) is 1. The maximum atomic E-state index is 13.3. The van der Waals surface area contributed by atoms with Gasteiger partial charge in [0.25, 0.3) is 0 Å². The van der Waals surface area contributed by atoms with Crippen LogP contribution in [0.3, 0.4) is 0 Å². The molecule has 0 unspecified atom stereocenters. The number of nitrogens with one attached hydrogen (secondary N) is 1. The van der Waals surface area contributed by atoms with Crippen LogP contribution in [0, 0.1) is 5.82 Å². The van der Waals surface area contributed by atoms with Crippen molar-refractivity contribution in [3.05, 3.63) is 46.2 Å². The van der Waals surface area contributed by atoms with E-state index >= 15 is 0 Å². The zero-order valence-corrected chi connectivity index (χ0v) is 12.1. The van der Waals surface area contributed by atoms with Crippen LogP contribution in [0.4, 0.5) is 4.39 Å². The molecule has 0 aliphatic carbocycles. The van der Waals surface area contributed by atoms with Gasteiger partial charge in [-0.1, -0.05) is 0 Å². The Labute approximate surface area is 121 Å². The highest BCUT2D eigenvalue weighted by molar-refractivity contribution is 7.09. The van der Waals surface area contributed by atoms with Crippen molar-refractivity contribution in [2.45, 2.75) is 13.2 Å². The molecule has 1 N–H and O–H groups in total. The molecule has 1 aromatic carbocycles.